The predicted octanol–water partition coefficient (Wildman–Crippen LogP) is 4.97. The molecule has 3 aromatic rings. The van der Waals surface area contributed by atoms with Crippen molar-refractivity contribution in [2.75, 3.05) is 42.4 Å². The van der Waals surface area contributed by atoms with E-state index in [9.17, 15) is 17.9 Å². The van der Waals surface area contributed by atoms with Gasteiger partial charge in [-0.2, -0.15) is 0 Å². The number of hydrogen-bond acceptors (Lipinski definition) is 5. The van der Waals surface area contributed by atoms with Gasteiger partial charge in [0.25, 0.3) is 10.0 Å². The number of sulfonamides is 1. The summed E-state index contributed by atoms with van der Waals surface area (Å²) in [6.45, 7) is 2.43. The first-order valence-corrected chi connectivity index (χ1v) is 13.4. The molecule has 3 aromatic carbocycles. The van der Waals surface area contributed by atoms with E-state index in [4.69, 9.17) is 0 Å². The number of piperidine rings is 1. The summed E-state index contributed by atoms with van der Waals surface area (Å²) in [6.07, 6.45) is 0.987. The van der Waals surface area contributed by atoms with Gasteiger partial charge in [0.05, 0.1) is 23.2 Å². The minimum Gasteiger partial charge on any atom is -0.387 e. The minimum absolute atomic E-state index is 0. The number of nitrogens with zero attached hydrogens (tertiary/aromatic N) is 3. The highest BCUT2D eigenvalue weighted by molar-refractivity contribution is 7.93. The second kappa shape index (κ2) is 10.8. The van der Waals surface area contributed by atoms with Crippen LogP contribution in [-0.4, -0.2) is 51.7 Å². The van der Waals surface area contributed by atoms with Gasteiger partial charge in [0, 0.05) is 20.1 Å². The molecule has 1 unspecified atom stereocenters. The smallest absolute Gasteiger partial charge is 0.266 e. The van der Waals surface area contributed by atoms with Crippen LogP contribution in [0.25, 0.3) is 0 Å². The second-order valence-corrected chi connectivity index (χ2v) is 11.2. The van der Waals surface area contributed by atoms with Gasteiger partial charge in [0.2, 0.25) is 0 Å². The molecule has 1 atom stereocenters. The molecule has 9 heteroatoms. The Balaban J connectivity index is 0.00000304. The van der Waals surface area contributed by atoms with Gasteiger partial charge >= 0.3 is 0 Å². The minimum atomic E-state index is -3.73. The fourth-order valence-electron chi connectivity index (χ4n) is 5.11. The van der Waals surface area contributed by atoms with Crippen molar-refractivity contribution < 1.29 is 17.9 Å². The van der Waals surface area contributed by atoms with E-state index >= 15 is 0 Å². The summed E-state index contributed by atoms with van der Waals surface area (Å²) >= 11 is 0. The van der Waals surface area contributed by atoms with Crippen molar-refractivity contribution in [2.45, 2.75) is 23.8 Å². The highest BCUT2D eigenvalue weighted by Gasteiger charge is 2.36. The second-order valence-electron chi connectivity index (χ2n) is 9.36. The zero-order valence-corrected chi connectivity index (χ0v) is 21.8. The quantitative estimate of drug-likeness (QED) is 0.503. The molecule has 5 rings (SSSR count). The van der Waals surface area contributed by atoms with E-state index in [1.807, 2.05) is 48.3 Å². The van der Waals surface area contributed by atoms with Gasteiger partial charge in [-0.05, 0) is 73.8 Å². The van der Waals surface area contributed by atoms with Crippen LogP contribution in [0.4, 0.5) is 21.5 Å². The van der Waals surface area contributed by atoms with Crippen molar-refractivity contribution in [3.05, 3.63) is 84.2 Å². The number of aliphatic hydroxyl groups is 1. The molecule has 0 bridgehead atoms. The summed E-state index contributed by atoms with van der Waals surface area (Å²) in [4.78, 5) is 4.46. The number of hydrogen-bond donors (Lipinski definition) is 1. The van der Waals surface area contributed by atoms with E-state index in [2.05, 4.69) is 4.90 Å². The predicted molar refractivity (Wildman–Crippen MR) is 143 cm³/mol. The molecule has 0 radical (unpaired) electrons. The third-order valence-electron chi connectivity index (χ3n) is 7.12. The Kier molecular flexibility index (Phi) is 7.90. The Labute approximate surface area is 218 Å². The van der Waals surface area contributed by atoms with Crippen LogP contribution < -0.4 is 9.21 Å². The Hall–Kier alpha value is -2.65. The van der Waals surface area contributed by atoms with Gasteiger partial charge in [0.15, 0.2) is 0 Å². The maximum absolute atomic E-state index is 13.8. The Bertz CT molecular complexity index is 1300. The molecule has 2 heterocycles. The van der Waals surface area contributed by atoms with Crippen LogP contribution in [0.3, 0.4) is 0 Å². The molecule has 0 saturated carbocycles. The number of anilines is 3. The first-order valence-electron chi connectivity index (χ1n) is 11.9. The number of β-amino-alcohol motifs (C(OH)–C–C–N with tert-alkyl or cyclic N) is 1. The molecule has 192 valence electrons. The lowest BCUT2D eigenvalue weighted by molar-refractivity contribution is 0.0904. The van der Waals surface area contributed by atoms with Gasteiger partial charge in [0.1, 0.15) is 10.7 Å². The van der Waals surface area contributed by atoms with E-state index in [0.717, 1.165) is 31.6 Å². The van der Waals surface area contributed by atoms with Crippen LogP contribution in [0, 0.1) is 11.7 Å². The highest BCUT2D eigenvalue weighted by Crippen LogP contribution is 2.43. The van der Waals surface area contributed by atoms with Crippen molar-refractivity contribution >= 4 is 39.5 Å². The summed E-state index contributed by atoms with van der Waals surface area (Å²) in [6, 6.07) is 20.7. The molecular formula is C27H31ClFN3O3S. The van der Waals surface area contributed by atoms with Crippen molar-refractivity contribution in [1.82, 2.24) is 4.90 Å². The van der Waals surface area contributed by atoms with Crippen LogP contribution in [0.1, 0.15) is 24.5 Å². The summed E-state index contributed by atoms with van der Waals surface area (Å²) in [5, 5.41) is 10.6. The van der Waals surface area contributed by atoms with E-state index in [0.29, 0.717) is 34.9 Å². The van der Waals surface area contributed by atoms with Crippen LogP contribution in [0.15, 0.2) is 77.7 Å². The van der Waals surface area contributed by atoms with Gasteiger partial charge in [-0.1, -0.05) is 36.4 Å². The van der Waals surface area contributed by atoms with Crippen LogP contribution in [-0.2, 0) is 10.0 Å². The molecule has 1 N–H and O–H groups in total. The molecule has 0 aromatic heterocycles. The van der Waals surface area contributed by atoms with Crippen molar-refractivity contribution in [1.29, 1.82) is 0 Å². The fourth-order valence-corrected chi connectivity index (χ4v) is 6.88. The monoisotopic (exact) mass is 531 g/mol. The largest absolute Gasteiger partial charge is 0.387 e. The third-order valence-corrected chi connectivity index (χ3v) is 8.95. The van der Waals surface area contributed by atoms with Gasteiger partial charge in [-0.15, -0.1) is 12.4 Å². The van der Waals surface area contributed by atoms with E-state index in [1.165, 1.54) is 12.1 Å². The summed E-state index contributed by atoms with van der Waals surface area (Å²) < 4.78 is 42.4. The first-order chi connectivity index (χ1) is 16.8. The normalized spacial score (nSPS) is 18.5. The number of rotatable bonds is 5. The topological polar surface area (TPSA) is 64.1 Å². The zero-order chi connectivity index (χ0) is 24.6. The number of benzene rings is 3. The third kappa shape index (κ3) is 5.09. The molecule has 0 spiro atoms. The fraction of sp³-hybridized carbons (Fsp3) is 0.333. The lowest BCUT2D eigenvalue weighted by atomic mass is 9.96. The van der Waals surface area contributed by atoms with E-state index < -0.39 is 16.1 Å². The van der Waals surface area contributed by atoms with Crippen molar-refractivity contribution in [3.63, 3.8) is 0 Å². The van der Waals surface area contributed by atoms with Crippen molar-refractivity contribution in [3.8, 4) is 0 Å². The van der Waals surface area contributed by atoms with E-state index in [1.54, 1.807) is 28.6 Å². The Morgan fingerprint density at radius 1 is 0.917 bits per heavy atom. The van der Waals surface area contributed by atoms with Crippen LogP contribution in [0.2, 0.25) is 0 Å². The Morgan fingerprint density at radius 3 is 2.17 bits per heavy atom. The molecule has 2 aliphatic heterocycles. The van der Waals surface area contributed by atoms with Gasteiger partial charge < -0.3 is 14.9 Å². The molecule has 0 aliphatic carbocycles. The summed E-state index contributed by atoms with van der Waals surface area (Å²) in [7, 11) is -1.83. The average molecular weight is 532 g/mol. The van der Waals surface area contributed by atoms with Gasteiger partial charge in [-0.3, -0.25) is 4.31 Å². The molecule has 1 saturated heterocycles. The number of likely N-dealkylation sites (tertiary alicyclic amines) is 1. The van der Waals surface area contributed by atoms with Crippen LogP contribution in [0.5, 0.6) is 0 Å². The van der Waals surface area contributed by atoms with E-state index in [-0.39, 0.29) is 24.1 Å². The first kappa shape index (κ1) is 26.4. The number of halogens is 2. The van der Waals surface area contributed by atoms with Crippen LogP contribution >= 0.6 is 12.4 Å². The zero-order valence-electron chi connectivity index (χ0n) is 20.1. The molecule has 1 fully saturated rings. The number of aliphatic hydroxyl groups excluding tert-OH is 1. The number of fused-ring (bicyclic) bond motifs is 2. The Morgan fingerprint density at radius 2 is 1.50 bits per heavy atom. The maximum atomic E-state index is 13.8. The highest BCUT2D eigenvalue weighted by atomic mass is 35.5. The van der Waals surface area contributed by atoms with Gasteiger partial charge in [-0.25, -0.2) is 12.8 Å². The lowest BCUT2D eigenvalue weighted by Gasteiger charge is -2.36. The summed E-state index contributed by atoms with van der Waals surface area (Å²) in [5.41, 5.74) is 2.93. The summed E-state index contributed by atoms with van der Waals surface area (Å²) in [5.74, 6) is -0.117. The molecule has 36 heavy (non-hydrogen) atoms. The number of para-hydroxylation sites is 3. The molecule has 2 aliphatic rings. The standard InChI is InChI=1S/C27H30FN3O3S.ClH/c1-29-23-6-2-3-7-24(23)31(35(33,34)27-9-5-4-8-25(27)29)18-20-14-16-30(17-15-20)19-26(32)21-10-12-22(28)13-11-21;/h2-13,20,26,32H,14-19H2,1H3;1H. The maximum Gasteiger partial charge on any atom is 0.266 e. The molecular weight excluding hydrogens is 501 g/mol. The molecule has 6 nitrogen and oxygen atoms in total. The average Bonchev–Trinajstić information content (AvgIpc) is 2.94. The SMILES string of the molecule is CN1c2ccccc2N(CC2CCN(CC(O)c3ccc(F)cc3)CC2)S(=O)(=O)c2ccccc21.Cl. The molecule has 0 amide bonds. The van der Waals surface area contributed by atoms with Crippen molar-refractivity contribution in [2.24, 2.45) is 5.92 Å². The lowest BCUT2D eigenvalue weighted by Crippen LogP contribution is -2.42.